The van der Waals surface area contributed by atoms with Crippen molar-refractivity contribution in [3.05, 3.63) is 60.3 Å². The van der Waals surface area contributed by atoms with Crippen molar-refractivity contribution in [3.63, 3.8) is 0 Å². The maximum Gasteiger partial charge on any atom is 0.155 e. The average Bonchev–Trinajstić information content (AvgIpc) is 3.23. The minimum absolute atomic E-state index is 0.408. The van der Waals surface area contributed by atoms with Crippen LogP contribution in [-0.4, -0.2) is 57.9 Å². The molecule has 1 unspecified atom stereocenters. The Hall–Kier alpha value is -3.36. The van der Waals surface area contributed by atoms with Crippen molar-refractivity contribution in [2.45, 2.75) is 12.1 Å². The van der Waals surface area contributed by atoms with Gasteiger partial charge in [-0.15, -0.1) is 0 Å². The van der Waals surface area contributed by atoms with E-state index in [9.17, 15) is 5.21 Å². The van der Waals surface area contributed by atoms with Crippen molar-refractivity contribution in [2.24, 2.45) is 5.16 Å². The fraction of sp³-hybridized carbons (Fsp3) is 0.273. The number of hydrogen-bond acceptors (Lipinski definition) is 7. The van der Waals surface area contributed by atoms with Crippen LogP contribution in [0.25, 0.3) is 27.9 Å². The number of morpholine rings is 1. The molecule has 0 bridgehead atoms. The molecule has 2 aliphatic heterocycles. The molecule has 1 aromatic carbocycles. The van der Waals surface area contributed by atoms with Crippen LogP contribution in [0.15, 0.2) is 64.6 Å². The van der Waals surface area contributed by atoms with Gasteiger partial charge in [-0.25, -0.2) is 4.98 Å². The molecule has 0 radical (unpaired) electrons. The molecule has 2 atom stereocenters. The molecule has 0 aliphatic carbocycles. The Morgan fingerprint density at radius 1 is 1.23 bits per heavy atom. The van der Waals surface area contributed by atoms with Gasteiger partial charge in [-0.05, 0) is 36.4 Å². The van der Waals surface area contributed by atoms with Crippen LogP contribution in [0.5, 0.6) is 5.75 Å². The van der Waals surface area contributed by atoms with Crippen molar-refractivity contribution < 1.29 is 19.1 Å². The number of likely N-dealkylation sites (tertiary alicyclic amines) is 1. The van der Waals surface area contributed by atoms with Gasteiger partial charge in [0.15, 0.2) is 5.76 Å². The SMILES string of the molecule is O/N=c1\cc(-c2cc3cccn3cn2)oc2ccc(OCCN3C[C@H]4OCC43)cc12. The van der Waals surface area contributed by atoms with Crippen molar-refractivity contribution in [3.8, 4) is 17.2 Å². The summed E-state index contributed by atoms with van der Waals surface area (Å²) < 4.78 is 19.3. The first-order valence-corrected chi connectivity index (χ1v) is 9.96. The second-order valence-corrected chi connectivity index (χ2v) is 7.65. The van der Waals surface area contributed by atoms with Crippen LogP contribution in [-0.2, 0) is 4.74 Å². The number of hydrogen-bond donors (Lipinski definition) is 1. The lowest BCUT2D eigenvalue weighted by atomic mass is 9.95. The molecule has 6 rings (SSSR count). The third kappa shape index (κ3) is 2.84. The smallest absolute Gasteiger partial charge is 0.155 e. The van der Waals surface area contributed by atoms with E-state index in [-0.39, 0.29) is 0 Å². The van der Waals surface area contributed by atoms with E-state index >= 15 is 0 Å². The zero-order chi connectivity index (χ0) is 20.1. The Morgan fingerprint density at radius 3 is 3.00 bits per heavy atom. The first-order valence-electron chi connectivity index (χ1n) is 9.96. The zero-order valence-corrected chi connectivity index (χ0v) is 16.1. The summed E-state index contributed by atoms with van der Waals surface area (Å²) >= 11 is 0. The van der Waals surface area contributed by atoms with E-state index in [0.717, 1.165) is 25.2 Å². The summed E-state index contributed by atoms with van der Waals surface area (Å²) in [7, 11) is 0. The lowest BCUT2D eigenvalue weighted by Crippen LogP contribution is -2.70. The minimum Gasteiger partial charge on any atom is -0.492 e. The summed E-state index contributed by atoms with van der Waals surface area (Å²) in [6, 6.07) is 13.7. The van der Waals surface area contributed by atoms with E-state index in [1.807, 2.05) is 47.0 Å². The molecule has 30 heavy (non-hydrogen) atoms. The van der Waals surface area contributed by atoms with Gasteiger partial charge < -0.3 is 23.5 Å². The van der Waals surface area contributed by atoms with Gasteiger partial charge in [0.25, 0.3) is 0 Å². The first-order chi connectivity index (χ1) is 14.8. The van der Waals surface area contributed by atoms with Gasteiger partial charge >= 0.3 is 0 Å². The Labute approximate surface area is 171 Å². The van der Waals surface area contributed by atoms with E-state index in [0.29, 0.717) is 52.3 Å². The number of fused-ring (bicyclic) bond motifs is 3. The predicted molar refractivity (Wildman–Crippen MR) is 108 cm³/mol. The van der Waals surface area contributed by atoms with Crippen LogP contribution in [0.1, 0.15) is 0 Å². The Morgan fingerprint density at radius 2 is 2.20 bits per heavy atom. The molecule has 0 amide bonds. The van der Waals surface area contributed by atoms with Gasteiger partial charge in [-0.1, -0.05) is 5.16 Å². The van der Waals surface area contributed by atoms with Gasteiger partial charge in [0.1, 0.15) is 29.0 Å². The maximum atomic E-state index is 9.58. The summed E-state index contributed by atoms with van der Waals surface area (Å²) in [4.78, 5) is 6.82. The fourth-order valence-electron chi connectivity index (χ4n) is 4.12. The van der Waals surface area contributed by atoms with Gasteiger partial charge in [-0.2, -0.15) is 0 Å². The quantitative estimate of drug-likeness (QED) is 0.406. The van der Waals surface area contributed by atoms with Gasteiger partial charge in [0.2, 0.25) is 0 Å². The minimum atomic E-state index is 0.408. The summed E-state index contributed by atoms with van der Waals surface area (Å²) in [5.74, 6) is 1.24. The molecule has 2 saturated heterocycles. The zero-order valence-electron chi connectivity index (χ0n) is 16.1. The van der Waals surface area contributed by atoms with E-state index < -0.39 is 0 Å². The van der Waals surface area contributed by atoms with E-state index in [1.165, 1.54) is 0 Å². The lowest BCUT2D eigenvalue weighted by Gasteiger charge is -2.54. The Kier molecular flexibility index (Phi) is 4.00. The molecule has 0 spiro atoms. The lowest BCUT2D eigenvalue weighted by molar-refractivity contribution is -0.215. The number of nitrogens with zero attached hydrogens (tertiary/aromatic N) is 4. The van der Waals surface area contributed by atoms with Crippen molar-refractivity contribution >= 4 is 16.5 Å². The third-order valence-electron chi connectivity index (χ3n) is 5.93. The van der Waals surface area contributed by atoms with E-state index in [2.05, 4.69) is 15.0 Å². The Balaban J connectivity index is 1.26. The van der Waals surface area contributed by atoms with Crippen molar-refractivity contribution in [2.75, 3.05) is 26.3 Å². The maximum absolute atomic E-state index is 9.58. The predicted octanol–water partition coefficient (Wildman–Crippen LogP) is 2.50. The van der Waals surface area contributed by atoms with Crippen molar-refractivity contribution in [1.82, 2.24) is 14.3 Å². The van der Waals surface area contributed by atoms with Gasteiger partial charge in [0, 0.05) is 30.9 Å². The molecule has 5 heterocycles. The third-order valence-corrected chi connectivity index (χ3v) is 5.93. The monoisotopic (exact) mass is 404 g/mol. The van der Waals surface area contributed by atoms with Crippen LogP contribution >= 0.6 is 0 Å². The highest BCUT2D eigenvalue weighted by Crippen LogP contribution is 2.29. The van der Waals surface area contributed by atoms with Crippen molar-refractivity contribution in [1.29, 1.82) is 0 Å². The first kappa shape index (κ1) is 17.5. The number of rotatable bonds is 5. The molecule has 152 valence electrons. The number of aromatic nitrogens is 2. The molecule has 1 N–H and O–H groups in total. The molecule has 8 nitrogen and oxygen atoms in total. The fourth-order valence-corrected chi connectivity index (χ4v) is 4.12. The molecule has 2 aliphatic rings. The second kappa shape index (κ2) is 6.86. The summed E-state index contributed by atoms with van der Waals surface area (Å²) in [5.41, 5.74) is 2.27. The largest absolute Gasteiger partial charge is 0.492 e. The topological polar surface area (TPSA) is 84.7 Å². The van der Waals surface area contributed by atoms with Crippen LogP contribution in [0, 0.1) is 0 Å². The van der Waals surface area contributed by atoms with Gasteiger partial charge in [0.05, 0.1) is 30.5 Å². The highest BCUT2D eigenvalue weighted by molar-refractivity contribution is 5.80. The van der Waals surface area contributed by atoms with E-state index in [4.69, 9.17) is 13.9 Å². The van der Waals surface area contributed by atoms with Crippen LogP contribution in [0.2, 0.25) is 0 Å². The standard InChI is InChI=1S/C22H20N4O4/c27-24-17-10-21(18-8-14-2-1-5-26(14)13-23-18)30-20-4-3-15(9-16(17)20)28-7-6-25-11-22-19(25)12-29-22/h1-5,8-10,13,19,22,27H,6-7,11-12H2/b24-17+/t19?,22-/m1/s1. The summed E-state index contributed by atoms with van der Waals surface area (Å²) in [6.07, 6.45) is 4.09. The highest BCUT2D eigenvalue weighted by atomic mass is 16.5. The second-order valence-electron chi connectivity index (χ2n) is 7.65. The number of benzene rings is 1. The molecule has 4 aromatic rings. The molecule has 3 aromatic heterocycles. The highest BCUT2D eigenvalue weighted by Gasteiger charge is 2.46. The number of ether oxygens (including phenoxy) is 2. The van der Waals surface area contributed by atoms with Crippen LogP contribution < -0.4 is 10.1 Å². The molecular formula is C22H20N4O4. The van der Waals surface area contributed by atoms with Crippen LogP contribution in [0.4, 0.5) is 0 Å². The Bertz CT molecular complexity index is 1310. The molecule has 2 fully saturated rings. The molecule has 8 heteroatoms. The summed E-state index contributed by atoms with van der Waals surface area (Å²) in [5, 5.41) is 14.1. The van der Waals surface area contributed by atoms with E-state index in [1.54, 1.807) is 12.4 Å². The van der Waals surface area contributed by atoms with Gasteiger partial charge in [-0.3, -0.25) is 4.90 Å². The molecule has 0 saturated carbocycles. The normalized spacial score (nSPS) is 21.4. The summed E-state index contributed by atoms with van der Waals surface area (Å²) in [6.45, 7) is 3.29. The average molecular weight is 404 g/mol. The van der Waals surface area contributed by atoms with Crippen LogP contribution in [0.3, 0.4) is 0 Å². The molecular weight excluding hydrogens is 384 g/mol.